The van der Waals surface area contributed by atoms with Crippen molar-refractivity contribution in [3.63, 3.8) is 0 Å². The molecule has 1 aliphatic heterocycles. The van der Waals surface area contributed by atoms with E-state index >= 15 is 0 Å². The second kappa shape index (κ2) is 11.4. The predicted octanol–water partition coefficient (Wildman–Crippen LogP) is 6.22. The number of allylic oxidation sites excluding steroid dienone is 2. The van der Waals surface area contributed by atoms with Crippen molar-refractivity contribution in [2.75, 3.05) is 18.5 Å². The number of para-hydroxylation sites is 1. The Kier molecular flexibility index (Phi) is 8.08. The topological polar surface area (TPSA) is 89.5 Å². The maximum Gasteiger partial charge on any atom is 0.336 e. The van der Waals surface area contributed by atoms with Gasteiger partial charge in [-0.25, -0.2) is 14.6 Å². The summed E-state index contributed by atoms with van der Waals surface area (Å²) in [7, 11) is 0. The van der Waals surface area contributed by atoms with Gasteiger partial charge in [0.1, 0.15) is 0 Å². The zero-order valence-electron chi connectivity index (χ0n) is 21.7. The summed E-state index contributed by atoms with van der Waals surface area (Å²) in [6, 6.07) is 17.7. The van der Waals surface area contributed by atoms with Gasteiger partial charge < -0.3 is 20.1 Å². The van der Waals surface area contributed by atoms with Crippen LogP contribution in [0.5, 0.6) is 0 Å². The SMILES string of the molecule is CCOC(=O)C1=C(C)NC(C)=C(C(=O)OCC)C1c1ccccc1Nc1nc(-c2ccccc2)c(C)s1. The van der Waals surface area contributed by atoms with Crippen molar-refractivity contribution in [2.45, 2.75) is 40.5 Å². The number of aryl methyl sites for hydroxylation is 1. The number of dihydropyridines is 1. The number of nitrogens with one attached hydrogen (secondary N) is 2. The Morgan fingerprint density at radius 3 is 2.05 bits per heavy atom. The molecule has 0 saturated heterocycles. The first-order valence-corrected chi connectivity index (χ1v) is 13.1. The third-order valence-corrected chi connectivity index (χ3v) is 6.99. The number of aromatic nitrogens is 1. The highest BCUT2D eigenvalue weighted by Crippen LogP contribution is 2.43. The van der Waals surface area contributed by atoms with Gasteiger partial charge in [0.25, 0.3) is 0 Å². The predicted molar refractivity (Wildman–Crippen MR) is 147 cm³/mol. The van der Waals surface area contributed by atoms with Crippen LogP contribution in [0.25, 0.3) is 11.3 Å². The molecule has 0 aliphatic carbocycles. The number of anilines is 2. The molecule has 7 nitrogen and oxygen atoms in total. The first kappa shape index (κ1) is 26.2. The van der Waals surface area contributed by atoms with Crippen molar-refractivity contribution >= 4 is 34.1 Å². The average Bonchev–Trinajstić information content (AvgIpc) is 3.24. The second-order valence-electron chi connectivity index (χ2n) is 8.58. The molecule has 0 atom stereocenters. The van der Waals surface area contributed by atoms with Crippen molar-refractivity contribution in [3.05, 3.63) is 87.6 Å². The van der Waals surface area contributed by atoms with Gasteiger partial charge in [-0.3, -0.25) is 0 Å². The molecular formula is C29H31N3O4S. The minimum absolute atomic E-state index is 0.223. The maximum atomic E-state index is 13.2. The van der Waals surface area contributed by atoms with E-state index in [-0.39, 0.29) is 13.2 Å². The quantitative estimate of drug-likeness (QED) is 0.343. The van der Waals surface area contributed by atoms with Crippen LogP contribution in [0.2, 0.25) is 0 Å². The Labute approximate surface area is 221 Å². The lowest BCUT2D eigenvalue weighted by atomic mass is 9.79. The number of hydrogen-bond donors (Lipinski definition) is 2. The van der Waals surface area contributed by atoms with E-state index in [1.165, 1.54) is 0 Å². The van der Waals surface area contributed by atoms with Gasteiger partial charge in [0.2, 0.25) is 0 Å². The van der Waals surface area contributed by atoms with Crippen LogP contribution in [0.4, 0.5) is 10.8 Å². The molecule has 3 aromatic rings. The summed E-state index contributed by atoms with van der Waals surface area (Å²) in [5.41, 5.74) is 5.49. The lowest BCUT2D eigenvalue weighted by Crippen LogP contribution is -2.32. The summed E-state index contributed by atoms with van der Waals surface area (Å²) >= 11 is 1.55. The van der Waals surface area contributed by atoms with Crippen molar-refractivity contribution in [1.29, 1.82) is 0 Å². The number of ether oxygens (including phenoxy) is 2. The van der Waals surface area contributed by atoms with Gasteiger partial charge in [0, 0.05) is 27.5 Å². The molecule has 1 aromatic heterocycles. The van der Waals surface area contributed by atoms with E-state index in [1.54, 1.807) is 25.2 Å². The first-order valence-electron chi connectivity index (χ1n) is 12.3. The smallest absolute Gasteiger partial charge is 0.336 e. The first-order chi connectivity index (χ1) is 17.8. The molecule has 0 radical (unpaired) electrons. The number of benzene rings is 2. The highest BCUT2D eigenvalue weighted by molar-refractivity contribution is 7.16. The molecule has 1 aliphatic rings. The van der Waals surface area contributed by atoms with Crippen LogP contribution in [0.15, 0.2) is 77.1 Å². The van der Waals surface area contributed by atoms with Gasteiger partial charge >= 0.3 is 11.9 Å². The van der Waals surface area contributed by atoms with Crippen molar-refractivity contribution < 1.29 is 19.1 Å². The van der Waals surface area contributed by atoms with Crippen molar-refractivity contribution in [1.82, 2.24) is 10.3 Å². The van der Waals surface area contributed by atoms with Crippen LogP contribution in [0.3, 0.4) is 0 Å². The van der Waals surface area contributed by atoms with Gasteiger partial charge in [-0.2, -0.15) is 0 Å². The normalized spacial score (nSPS) is 13.9. The molecule has 0 spiro atoms. The second-order valence-corrected chi connectivity index (χ2v) is 9.78. The van der Waals surface area contributed by atoms with Gasteiger partial charge in [0.15, 0.2) is 5.13 Å². The standard InChI is InChI=1S/C29H31N3O4S/c1-6-35-27(33)23-17(3)30-18(4)24(28(34)36-7-2)25(23)21-15-11-12-16-22(21)31-29-32-26(19(5)37-29)20-13-9-8-10-14-20/h8-16,25,30H,6-7H2,1-5H3,(H,31,32). The summed E-state index contributed by atoms with van der Waals surface area (Å²) in [6.45, 7) is 9.64. The molecule has 4 rings (SSSR count). The highest BCUT2D eigenvalue weighted by atomic mass is 32.1. The molecule has 0 unspecified atom stereocenters. The summed E-state index contributed by atoms with van der Waals surface area (Å²) < 4.78 is 10.8. The van der Waals surface area contributed by atoms with Gasteiger partial charge in [-0.15, -0.1) is 11.3 Å². The van der Waals surface area contributed by atoms with Gasteiger partial charge in [0.05, 0.1) is 36.0 Å². The molecule has 0 bridgehead atoms. The molecule has 2 N–H and O–H groups in total. The number of hydrogen-bond acceptors (Lipinski definition) is 8. The molecule has 0 fully saturated rings. The molecule has 192 valence electrons. The fourth-order valence-corrected chi connectivity index (χ4v) is 5.40. The van der Waals surface area contributed by atoms with Crippen LogP contribution in [-0.2, 0) is 19.1 Å². The van der Waals surface area contributed by atoms with Crippen LogP contribution < -0.4 is 10.6 Å². The number of carbonyl (C=O) groups is 2. The lowest BCUT2D eigenvalue weighted by molar-refractivity contribution is -0.139. The van der Waals surface area contributed by atoms with E-state index in [1.807, 2.05) is 75.4 Å². The van der Waals surface area contributed by atoms with E-state index < -0.39 is 17.9 Å². The summed E-state index contributed by atoms with van der Waals surface area (Å²) in [6.07, 6.45) is 0. The molecule has 37 heavy (non-hydrogen) atoms. The van der Waals surface area contributed by atoms with Crippen LogP contribution in [-0.4, -0.2) is 30.1 Å². The van der Waals surface area contributed by atoms with Gasteiger partial charge in [-0.05, 0) is 46.2 Å². The third kappa shape index (κ3) is 5.44. The number of rotatable bonds is 8. The fraction of sp³-hybridized carbons (Fsp3) is 0.276. The fourth-order valence-electron chi connectivity index (χ4n) is 4.56. The number of thiazole rings is 1. The molecule has 8 heteroatoms. The summed E-state index contributed by atoms with van der Waals surface area (Å²) in [4.78, 5) is 32.3. The zero-order chi connectivity index (χ0) is 26.5. The van der Waals surface area contributed by atoms with Crippen LogP contribution in [0.1, 0.15) is 44.1 Å². The van der Waals surface area contributed by atoms with Crippen molar-refractivity contribution in [3.8, 4) is 11.3 Å². The Bertz CT molecular complexity index is 1330. The number of nitrogens with zero attached hydrogens (tertiary/aromatic N) is 1. The Balaban J connectivity index is 1.81. The Hall–Kier alpha value is -3.91. The van der Waals surface area contributed by atoms with Crippen LogP contribution >= 0.6 is 11.3 Å². The van der Waals surface area contributed by atoms with E-state index in [2.05, 4.69) is 10.6 Å². The Morgan fingerprint density at radius 1 is 0.892 bits per heavy atom. The number of esters is 2. The van der Waals surface area contributed by atoms with E-state index in [0.717, 1.165) is 32.5 Å². The van der Waals surface area contributed by atoms with E-state index in [9.17, 15) is 9.59 Å². The number of carbonyl (C=O) groups excluding carboxylic acids is 2. The Morgan fingerprint density at radius 2 is 1.46 bits per heavy atom. The molecule has 2 heterocycles. The third-order valence-electron chi connectivity index (χ3n) is 6.11. The van der Waals surface area contributed by atoms with Gasteiger partial charge in [-0.1, -0.05) is 48.5 Å². The summed E-state index contributed by atoms with van der Waals surface area (Å²) in [5.74, 6) is -1.63. The lowest BCUT2D eigenvalue weighted by Gasteiger charge is -2.31. The van der Waals surface area contributed by atoms with E-state index in [4.69, 9.17) is 14.5 Å². The minimum atomic E-state index is -0.683. The highest BCUT2D eigenvalue weighted by Gasteiger charge is 2.39. The maximum absolute atomic E-state index is 13.2. The molecular weight excluding hydrogens is 486 g/mol. The zero-order valence-corrected chi connectivity index (χ0v) is 22.5. The molecule has 0 amide bonds. The van der Waals surface area contributed by atoms with Crippen LogP contribution in [0, 0.1) is 6.92 Å². The monoisotopic (exact) mass is 517 g/mol. The largest absolute Gasteiger partial charge is 0.463 e. The summed E-state index contributed by atoms with van der Waals surface area (Å²) in [5, 5.41) is 7.35. The molecule has 2 aromatic carbocycles. The van der Waals surface area contributed by atoms with E-state index in [0.29, 0.717) is 22.5 Å². The minimum Gasteiger partial charge on any atom is -0.463 e. The average molecular weight is 518 g/mol. The van der Waals surface area contributed by atoms with Crippen molar-refractivity contribution in [2.24, 2.45) is 0 Å². The molecule has 0 saturated carbocycles.